The first-order valence-corrected chi connectivity index (χ1v) is 12.0. The zero-order chi connectivity index (χ0) is 25.7. The van der Waals surface area contributed by atoms with Crippen molar-refractivity contribution in [1.29, 1.82) is 0 Å². The highest BCUT2D eigenvalue weighted by atomic mass is 19.1. The number of hydrogen-bond donors (Lipinski definition) is 2. The van der Waals surface area contributed by atoms with E-state index in [0.29, 0.717) is 23.7 Å². The van der Waals surface area contributed by atoms with Gasteiger partial charge in [-0.15, -0.1) is 0 Å². The number of Topliss-reactive ketones (excluding diaryl/α,β-unsaturated/α-hetero) is 1. The third-order valence-electron chi connectivity index (χ3n) is 6.06. The van der Waals surface area contributed by atoms with Gasteiger partial charge < -0.3 is 25.0 Å². The number of piperazine rings is 1. The lowest BCUT2D eigenvalue weighted by molar-refractivity contribution is 0.0987. The summed E-state index contributed by atoms with van der Waals surface area (Å²) in [7, 11) is 1.36. The average Bonchev–Trinajstić information content (AvgIpc) is 2.88. The van der Waals surface area contributed by atoms with Crippen LogP contribution in [0.4, 0.5) is 21.7 Å². The van der Waals surface area contributed by atoms with Gasteiger partial charge in [0.1, 0.15) is 6.61 Å². The fourth-order valence-electron chi connectivity index (χ4n) is 4.14. The van der Waals surface area contributed by atoms with Crippen LogP contribution in [0.15, 0.2) is 48.8 Å². The Kier molecular flexibility index (Phi) is 7.69. The van der Waals surface area contributed by atoms with E-state index in [1.165, 1.54) is 37.3 Å². The van der Waals surface area contributed by atoms with Crippen molar-refractivity contribution in [2.45, 2.75) is 39.3 Å². The van der Waals surface area contributed by atoms with Crippen LogP contribution in [0.5, 0.6) is 11.5 Å². The fraction of sp³-hybridized carbons (Fsp3) is 0.370. The number of methoxy groups -OCH3 is 1. The topological polar surface area (TPSA) is 88.6 Å². The molecule has 1 aromatic heterocycles. The number of ether oxygens (including phenoxy) is 2. The number of carbonyl (C=O) groups excluding carboxylic acids is 1. The van der Waals surface area contributed by atoms with Crippen LogP contribution in [0.1, 0.15) is 43.1 Å². The van der Waals surface area contributed by atoms with E-state index in [1.54, 1.807) is 6.92 Å². The molecular weight excluding hydrogens is 461 g/mol. The maximum absolute atomic E-state index is 14.7. The standard InChI is InChI=1S/C27H32FN5O3/c1-5-23(34)18-12-19(25(28)24(13-18)35-4)16-36-22-14-29-26(30-15-22)32-20-6-8-21(9-7-20)33-11-10-31-27(2,3)17-33/h6-9,12-15,31H,5,10-11,16-17H2,1-4H3,(H,29,30,32). The summed E-state index contributed by atoms with van der Waals surface area (Å²) in [6.07, 6.45) is 3.35. The summed E-state index contributed by atoms with van der Waals surface area (Å²) in [6, 6.07) is 11.1. The Morgan fingerprint density at radius 2 is 1.92 bits per heavy atom. The number of nitrogens with zero attached hydrogens (tertiary/aromatic N) is 3. The number of carbonyl (C=O) groups is 1. The first-order chi connectivity index (χ1) is 17.3. The van der Waals surface area contributed by atoms with Crippen LogP contribution < -0.4 is 25.0 Å². The second kappa shape index (κ2) is 10.9. The van der Waals surface area contributed by atoms with Crippen molar-refractivity contribution in [1.82, 2.24) is 15.3 Å². The highest BCUT2D eigenvalue weighted by Gasteiger charge is 2.25. The molecule has 0 bridgehead atoms. The minimum atomic E-state index is -0.558. The number of halogens is 1. The van der Waals surface area contributed by atoms with E-state index >= 15 is 0 Å². The van der Waals surface area contributed by atoms with Crippen molar-refractivity contribution >= 4 is 23.1 Å². The molecule has 0 amide bonds. The Morgan fingerprint density at radius 1 is 1.19 bits per heavy atom. The van der Waals surface area contributed by atoms with Crippen molar-refractivity contribution < 1.29 is 18.7 Å². The van der Waals surface area contributed by atoms with E-state index in [1.807, 2.05) is 12.1 Å². The Labute approximate surface area is 210 Å². The molecule has 0 saturated carbocycles. The van der Waals surface area contributed by atoms with Crippen LogP contribution in [-0.4, -0.2) is 48.0 Å². The van der Waals surface area contributed by atoms with E-state index in [4.69, 9.17) is 9.47 Å². The minimum Gasteiger partial charge on any atom is -0.494 e. The van der Waals surface area contributed by atoms with Crippen molar-refractivity contribution in [2.24, 2.45) is 0 Å². The Hall–Kier alpha value is -3.72. The number of nitrogens with one attached hydrogen (secondary N) is 2. The summed E-state index contributed by atoms with van der Waals surface area (Å²) >= 11 is 0. The number of ketones is 1. The molecule has 190 valence electrons. The van der Waals surface area contributed by atoms with E-state index in [9.17, 15) is 9.18 Å². The predicted octanol–water partition coefficient (Wildman–Crippen LogP) is 4.73. The lowest BCUT2D eigenvalue weighted by atomic mass is 10.0. The molecule has 0 spiro atoms. The molecule has 36 heavy (non-hydrogen) atoms. The highest BCUT2D eigenvalue weighted by Crippen LogP contribution is 2.26. The first-order valence-electron chi connectivity index (χ1n) is 12.0. The number of rotatable bonds is 9. The quantitative estimate of drug-likeness (QED) is 0.414. The molecule has 2 heterocycles. The van der Waals surface area contributed by atoms with Gasteiger partial charge in [0.05, 0.1) is 19.5 Å². The Morgan fingerprint density at radius 3 is 2.56 bits per heavy atom. The van der Waals surface area contributed by atoms with Gasteiger partial charge >= 0.3 is 0 Å². The summed E-state index contributed by atoms with van der Waals surface area (Å²) < 4.78 is 25.4. The van der Waals surface area contributed by atoms with Crippen molar-refractivity contribution in [3.05, 3.63) is 65.7 Å². The summed E-state index contributed by atoms with van der Waals surface area (Å²) in [6.45, 7) is 8.94. The smallest absolute Gasteiger partial charge is 0.227 e. The van der Waals surface area contributed by atoms with Gasteiger partial charge in [-0.1, -0.05) is 6.92 Å². The zero-order valence-corrected chi connectivity index (χ0v) is 21.1. The monoisotopic (exact) mass is 493 g/mol. The molecule has 2 N–H and O–H groups in total. The molecule has 8 nitrogen and oxygen atoms in total. The Balaban J connectivity index is 1.37. The number of hydrogen-bond acceptors (Lipinski definition) is 8. The predicted molar refractivity (Wildman–Crippen MR) is 138 cm³/mol. The maximum Gasteiger partial charge on any atom is 0.227 e. The maximum atomic E-state index is 14.7. The molecular formula is C27H32FN5O3. The second-order valence-electron chi connectivity index (χ2n) is 9.36. The number of anilines is 3. The largest absolute Gasteiger partial charge is 0.494 e. The van der Waals surface area contributed by atoms with E-state index in [-0.39, 0.29) is 29.2 Å². The highest BCUT2D eigenvalue weighted by molar-refractivity contribution is 5.96. The van der Waals surface area contributed by atoms with Gasteiger partial charge in [-0.2, -0.15) is 0 Å². The number of benzene rings is 2. The summed E-state index contributed by atoms with van der Waals surface area (Å²) in [5, 5.41) is 6.70. The lowest BCUT2D eigenvalue weighted by Gasteiger charge is -2.40. The summed E-state index contributed by atoms with van der Waals surface area (Å²) in [5.74, 6) is 0.148. The van der Waals surface area contributed by atoms with Crippen molar-refractivity contribution in [3.8, 4) is 11.5 Å². The molecule has 2 aromatic carbocycles. The van der Waals surface area contributed by atoms with Crippen LogP contribution in [0.25, 0.3) is 0 Å². The number of aromatic nitrogens is 2. The molecule has 1 saturated heterocycles. The van der Waals surface area contributed by atoms with Crippen LogP contribution in [0, 0.1) is 5.82 Å². The third-order valence-corrected chi connectivity index (χ3v) is 6.06. The molecule has 0 radical (unpaired) electrons. The van der Waals surface area contributed by atoms with Crippen molar-refractivity contribution in [3.63, 3.8) is 0 Å². The van der Waals surface area contributed by atoms with Gasteiger partial charge in [-0.25, -0.2) is 14.4 Å². The van der Waals surface area contributed by atoms with E-state index < -0.39 is 5.82 Å². The summed E-state index contributed by atoms with van der Waals surface area (Å²) in [4.78, 5) is 23.0. The van der Waals surface area contributed by atoms with E-state index in [2.05, 4.69) is 51.5 Å². The second-order valence-corrected chi connectivity index (χ2v) is 9.36. The van der Waals surface area contributed by atoms with Crippen LogP contribution in [0.3, 0.4) is 0 Å². The molecule has 0 unspecified atom stereocenters. The van der Waals surface area contributed by atoms with Gasteiger partial charge in [-0.3, -0.25) is 4.79 Å². The molecule has 9 heteroatoms. The fourth-order valence-corrected chi connectivity index (χ4v) is 4.14. The van der Waals surface area contributed by atoms with Crippen molar-refractivity contribution in [2.75, 3.05) is 37.0 Å². The molecule has 0 aliphatic carbocycles. The van der Waals surface area contributed by atoms with Gasteiger partial charge in [0.25, 0.3) is 0 Å². The SMILES string of the molecule is CCC(=O)c1cc(COc2cnc(Nc3ccc(N4CCNC(C)(C)C4)cc3)nc2)c(F)c(OC)c1. The van der Waals surface area contributed by atoms with Crippen LogP contribution >= 0.6 is 0 Å². The molecule has 3 aromatic rings. The van der Waals surface area contributed by atoms with Gasteiger partial charge in [0, 0.05) is 54.1 Å². The lowest BCUT2D eigenvalue weighted by Crippen LogP contribution is -2.57. The van der Waals surface area contributed by atoms with Gasteiger partial charge in [0.15, 0.2) is 23.1 Å². The third kappa shape index (κ3) is 6.09. The van der Waals surface area contributed by atoms with Gasteiger partial charge in [0.2, 0.25) is 5.95 Å². The average molecular weight is 494 g/mol. The molecule has 1 fully saturated rings. The molecule has 1 aliphatic heterocycles. The van der Waals surface area contributed by atoms with Crippen LogP contribution in [-0.2, 0) is 6.61 Å². The molecule has 0 atom stereocenters. The zero-order valence-electron chi connectivity index (χ0n) is 21.1. The van der Waals surface area contributed by atoms with Crippen LogP contribution in [0.2, 0.25) is 0 Å². The van der Waals surface area contributed by atoms with Gasteiger partial charge in [-0.05, 0) is 50.2 Å². The minimum absolute atomic E-state index is 0.00961. The molecule has 1 aliphatic rings. The summed E-state index contributed by atoms with van der Waals surface area (Å²) in [5.41, 5.74) is 2.74. The van der Waals surface area contributed by atoms with E-state index in [0.717, 1.165) is 25.3 Å². The molecule has 4 rings (SSSR count). The Bertz CT molecular complexity index is 1200. The first kappa shape index (κ1) is 25.4. The normalized spacial score (nSPS) is 14.9.